The molecule has 6 atom stereocenters. The second-order valence-corrected chi connectivity index (χ2v) is 11.0. The van der Waals surface area contributed by atoms with Crippen LogP contribution in [0, 0.1) is 28.6 Å². The van der Waals surface area contributed by atoms with Gasteiger partial charge in [-0.05, 0) is 67.6 Å². The minimum atomic E-state index is -1.46. The molecule has 0 aromatic carbocycles. The quantitative estimate of drug-likeness (QED) is 0.806. The number of carbonyl (C=O) groups excluding carboxylic acids is 3. The van der Waals surface area contributed by atoms with Gasteiger partial charge in [0.2, 0.25) is 0 Å². The van der Waals surface area contributed by atoms with E-state index >= 15 is 0 Å². The molecule has 0 amide bonds. The third-order valence-corrected chi connectivity index (χ3v) is 9.66. The monoisotopic (exact) mass is 423 g/mol. The number of carbonyl (C=O) groups is 3. The predicted octanol–water partition coefficient (Wildman–Crippen LogP) is 3.58. The first kappa shape index (κ1) is 20.9. The summed E-state index contributed by atoms with van der Waals surface area (Å²) in [6, 6.07) is 3.82. The lowest BCUT2D eigenvalue weighted by molar-refractivity contribution is -0.168. The molecular formula is C26H33NO4. The summed E-state index contributed by atoms with van der Waals surface area (Å²) < 4.78 is 1.91. The molecule has 4 aliphatic carbocycles. The smallest absolute Gasteiger partial charge is 0.170 e. The number of fused-ring (bicyclic) bond motifs is 5. The van der Waals surface area contributed by atoms with Crippen LogP contribution in [0.3, 0.4) is 0 Å². The van der Waals surface area contributed by atoms with Gasteiger partial charge in [0, 0.05) is 49.5 Å². The van der Waals surface area contributed by atoms with E-state index in [2.05, 4.69) is 6.92 Å². The molecule has 1 aromatic heterocycles. The predicted molar refractivity (Wildman–Crippen MR) is 116 cm³/mol. The first-order valence-electron chi connectivity index (χ1n) is 11.7. The Morgan fingerprint density at radius 3 is 2.68 bits per heavy atom. The molecule has 0 aliphatic heterocycles. The molecule has 0 unspecified atom stereocenters. The second-order valence-electron chi connectivity index (χ2n) is 11.0. The number of aromatic nitrogens is 1. The van der Waals surface area contributed by atoms with Gasteiger partial charge in [0.1, 0.15) is 11.4 Å². The Morgan fingerprint density at radius 2 is 1.97 bits per heavy atom. The fourth-order valence-electron chi connectivity index (χ4n) is 7.84. The van der Waals surface area contributed by atoms with Crippen molar-refractivity contribution in [2.24, 2.45) is 35.6 Å². The maximum atomic E-state index is 13.7. The first-order chi connectivity index (χ1) is 14.6. The number of aryl methyl sites for hydroxylation is 1. The van der Waals surface area contributed by atoms with Crippen molar-refractivity contribution in [3.05, 3.63) is 35.7 Å². The summed E-state index contributed by atoms with van der Waals surface area (Å²) in [5.41, 5.74) is -0.381. The van der Waals surface area contributed by atoms with Crippen LogP contribution >= 0.6 is 0 Å². The molecule has 3 saturated carbocycles. The van der Waals surface area contributed by atoms with Gasteiger partial charge in [0.05, 0.1) is 0 Å². The molecule has 0 spiro atoms. The highest BCUT2D eigenvalue weighted by Crippen LogP contribution is 2.66. The topological polar surface area (TPSA) is 76.4 Å². The van der Waals surface area contributed by atoms with Crippen LogP contribution in [0.2, 0.25) is 0 Å². The molecule has 0 saturated heterocycles. The lowest BCUT2D eigenvalue weighted by atomic mass is 9.46. The van der Waals surface area contributed by atoms with Crippen LogP contribution in [0.15, 0.2) is 30.0 Å². The van der Waals surface area contributed by atoms with Crippen molar-refractivity contribution < 1.29 is 19.5 Å². The average Bonchev–Trinajstić information content (AvgIpc) is 3.23. The standard InChI is InChI=1S/C26H33NO4/c1-24-10-8-18(28)13-16(24)6-7-19-20-9-11-26(31,25(20,2)15-21(29)23(19)24)22(30)14-17-5-4-12-27(17)3/h4-5,12-13,19-20,23,31H,6-11,14-15H2,1-3H3/t19-,20-,23+,24-,25-,26-/m0/s1. The number of ketones is 3. The summed E-state index contributed by atoms with van der Waals surface area (Å²) in [5, 5.41) is 11.8. The molecule has 5 rings (SSSR count). The van der Waals surface area contributed by atoms with E-state index in [-0.39, 0.29) is 53.4 Å². The van der Waals surface area contributed by atoms with E-state index in [9.17, 15) is 19.5 Å². The number of nitrogens with zero attached hydrogens (tertiary/aromatic N) is 1. The molecule has 5 nitrogen and oxygen atoms in total. The average molecular weight is 424 g/mol. The van der Waals surface area contributed by atoms with Gasteiger partial charge in [0.25, 0.3) is 0 Å². The van der Waals surface area contributed by atoms with Crippen LogP contribution in [0.25, 0.3) is 0 Å². The zero-order valence-corrected chi connectivity index (χ0v) is 18.8. The summed E-state index contributed by atoms with van der Waals surface area (Å²) in [7, 11) is 1.91. The number of hydrogen-bond donors (Lipinski definition) is 1. The van der Waals surface area contributed by atoms with Gasteiger partial charge >= 0.3 is 0 Å². The molecule has 1 aromatic rings. The molecule has 0 radical (unpaired) electrons. The Balaban J connectivity index is 1.48. The first-order valence-corrected chi connectivity index (χ1v) is 11.7. The minimum absolute atomic E-state index is 0.0935. The zero-order valence-electron chi connectivity index (χ0n) is 18.8. The van der Waals surface area contributed by atoms with Crippen LogP contribution in [0.4, 0.5) is 0 Å². The summed E-state index contributed by atoms with van der Waals surface area (Å²) in [6.45, 7) is 4.16. The lowest BCUT2D eigenvalue weighted by Gasteiger charge is -2.57. The number of aliphatic hydroxyl groups is 1. The second kappa shape index (κ2) is 6.74. The third kappa shape index (κ3) is 2.75. The van der Waals surface area contributed by atoms with Crippen molar-refractivity contribution in [1.82, 2.24) is 4.57 Å². The molecule has 0 bridgehead atoms. The van der Waals surface area contributed by atoms with Crippen LogP contribution in [-0.4, -0.2) is 32.6 Å². The molecule has 1 heterocycles. The van der Waals surface area contributed by atoms with Gasteiger partial charge in [-0.3, -0.25) is 14.4 Å². The Labute approximate surface area is 183 Å². The van der Waals surface area contributed by atoms with Crippen molar-refractivity contribution >= 4 is 17.3 Å². The molecule has 31 heavy (non-hydrogen) atoms. The van der Waals surface area contributed by atoms with Gasteiger partial charge in [-0.1, -0.05) is 19.4 Å². The molecule has 166 valence electrons. The number of allylic oxidation sites excluding steroid dienone is 1. The van der Waals surface area contributed by atoms with E-state index in [0.717, 1.165) is 37.0 Å². The molecule has 4 aliphatic rings. The van der Waals surface area contributed by atoms with Crippen LogP contribution in [0.1, 0.15) is 64.5 Å². The van der Waals surface area contributed by atoms with Crippen molar-refractivity contribution in [2.75, 3.05) is 0 Å². The Morgan fingerprint density at radius 1 is 1.19 bits per heavy atom. The summed E-state index contributed by atoms with van der Waals surface area (Å²) >= 11 is 0. The maximum absolute atomic E-state index is 13.7. The summed E-state index contributed by atoms with van der Waals surface area (Å²) in [6.07, 6.45) is 8.34. The Bertz CT molecular complexity index is 1000. The highest BCUT2D eigenvalue weighted by atomic mass is 16.3. The van der Waals surface area contributed by atoms with Gasteiger partial charge in [0.15, 0.2) is 11.6 Å². The zero-order chi connectivity index (χ0) is 22.2. The fraction of sp³-hybridized carbons (Fsp3) is 0.654. The van der Waals surface area contributed by atoms with Crippen LogP contribution < -0.4 is 0 Å². The number of hydrogen-bond acceptors (Lipinski definition) is 4. The van der Waals surface area contributed by atoms with E-state index in [1.807, 2.05) is 36.9 Å². The van der Waals surface area contributed by atoms with Crippen LogP contribution in [0.5, 0.6) is 0 Å². The maximum Gasteiger partial charge on any atom is 0.170 e. The van der Waals surface area contributed by atoms with Gasteiger partial charge < -0.3 is 9.67 Å². The van der Waals surface area contributed by atoms with Gasteiger partial charge in [-0.25, -0.2) is 0 Å². The normalized spacial score (nSPS) is 41.9. The SMILES string of the molecule is Cn1cccc1CC(=O)[C@@]1(O)CC[C@H]2[C@@H]3CCC4=CC(=O)CC[C@]4(C)[C@H]3C(=O)C[C@@]21C. The summed E-state index contributed by atoms with van der Waals surface area (Å²) in [5.74, 6) is 0.450. The third-order valence-electron chi connectivity index (χ3n) is 9.66. The fourth-order valence-corrected chi connectivity index (χ4v) is 7.84. The lowest BCUT2D eigenvalue weighted by Crippen LogP contribution is -2.60. The highest BCUT2D eigenvalue weighted by molar-refractivity contribution is 5.94. The molecule has 1 N–H and O–H groups in total. The largest absolute Gasteiger partial charge is 0.381 e. The van der Waals surface area contributed by atoms with E-state index in [1.54, 1.807) is 6.08 Å². The Kier molecular flexibility index (Phi) is 4.54. The highest BCUT2D eigenvalue weighted by Gasteiger charge is 2.68. The van der Waals surface area contributed by atoms with Crippen molar-refractivity contribution in [3.8, 4) is 0 Å². The van der Waals surface area contributed by atoms with E-state index in [1.165, 1.54) is 0 Å². The Hall–Kier alpha value is -2.01. The van der Waals surface area contributed by atoms with Gasteiger partial charge in [-0.15, -0.1) is 0 Å². The number of rotatable bonds is 3. The van der Waals surface area contributed by atoms with E-state index in [4.69, 9.17) is 0 Å². The minimum Gasteiger partial charge on any atom is -0.381 e. The molecule has 5 heteroatoms. The summed E-state index contributed by atoms with van der Waals surface area (Å²) in [4.78, 5) is 39.1. The molecule has 3 fully saturated rings. The van der Waals surface area contributed by atoms with Crippen LogP contribution in [-0.2, 0) is 27.9 Å². The van der Waals surface area contributed by atoms with Crippen molar-refractivity contribution in [3.63, 3.8) is 0 Å². The number of Topliss-reactive ketones (excluding diaryl/α,β-unsaturated/α-hetero) is 2. The van der Waals surface area contributed by atoms with Gasteiger partial charge in [-0.2, -0.15) is 0 Å². The molecular weight excluding hydrogens is 390 g/mol. The van der Waals surface area contributed by atoms with E-state index < -0.39 is 11.0 Å². The van der Waals surface area contributed by atoms with E-state index in [0.29, 0.717) is 12.8 Å². The van der Waals surface area contributed by atoms with Crippen molar-refractivity contribution in [1.29, 1.82) is 0 Å². The van der Waals surface area contributed by atoms with Crippen molar-refractivity contribution in [2.45, 2.75) is 70.8 Å².